The molecule has 0 atom stereocenters. The Labute approximate surface area is 260 Å². The van der Waals surface area contributed by atoms with E-state index in [-0.39, 0.29) is 0 Å². The second-order valence-electron chi connectivity index (χ2n) is 11.3. The first-order chi connectivity index (χ1) is 22.3. The molecule has 2 heterocycles. The highest BCUT2D eigenvalue weighted by molar-refractivity contribution is 6.24. The molecule has 3 heteroatoms. The quantitative estimate of drug-likeness (QED) is 0.204. The van der Waals surface area contributed by atoms with Crippen LogP contribution in [0.1, 0.15) is 0 Å². The van der Waals surface area contributed by atoms with Crippen molar-refractivity contribution in [3.05, 3.63) is 164 Å². The van der Waals surface area contributed by atoms with Gasteiger partial charge in [0.2, 0.25) is 0 Å². The van der Waals surface area contributed by atoms with Crippen LogP contribution >= 0.6 is 0 Å². The van der Waals surface area contributed by atoms with Gasteiger partial charge < -0.3 is 13.7 Å². The predicted octanol–water partition coefficient (Wildman–Crippen LogP) is 12.3. The summed E-state index contributed by atoms with van der Waals surface area (Å²) in [7, 11) is 0. The van der Waals surface area contributed by atoms with E-state index < -0.39 is 0 Å². The molecule has 0 amide bonds. The third kappa shape index (κ3) is 4.21. The van der Waals surface area contributed by atoms with Crippen LogP contribution in [0.4, 0.5) is 17.1 Å². The van der Waals surface area contributed by atoms with Gasteiger partial charge in [0.05, 0.1) is 5.39 Å². The van der Waals surface area contributed by atoms with Crippen molar-refractivity contribution in [3.63, 3.8) is 0 Å². The van der Waals surface area contributed by atoms with Crippen molar-refractivity contribution in [2.75, 3.05) is 4.90 Å². The van der Waals surface area contributed by atoms with Gasteiger partial charge in [0.1, 0.15) is 22.4 Å². The Kier molecular flexibility index (Phi) is 5.82. The third-order valence-corrected chi connectivity index (χ3v) is 8.67. The highest BCUT2D eigenvalue weighted by atomic mass is 16.3. The minimum atomic E-state index is 0.828. The second kappa shape index (κ2) is 10.3. The molecular formula is C42H27NO2. The van der Waals surface area contributed by atoms with Crippen molar-refractivity contribution in [1.29, 1.82) is 0 Å². The lowest BCUT2D eigenvalue weighted by Gasteiger charge is -2.27. The Bertz CT molecular complexity index is 2370. The molecular weight excluding hydrogens is 550 g/mol. The first kappa shape index (κ1) is 25.4. The van der Waals surface area contributed by atoms with Gasteiger partial charge in [-0.2, -0.15) is 0 Å². The zero-order valence-electron chi connectivity index (χ0n) is 24.4. The number of anilines is 3. The Hall–Kier alpha value is -6.06. The molecule has 45 heavy (non-hydrogen) atoms. The molecule has 0 saturated carbocycles. The van der Waals surface area contributed by atoms with Gasteiger partial charge in [0.15, 0.2) is 5.58 Å². The van der Waals surface area contributed by atoms with E-state index in [1.54, 1.807) is 0 Å². The van der Waals surface area contributed by atoms with E-state index in [0.29, 0.717) is 0 Å². The summed E-state index contributed by atoms with van der Waals surface area (Å²) in [6.45, 7) is 0. The first-order valence-corrected chi connectivity index (χ1v) is 15.2. The van der Waals surface area contributed by atoms with Gasteiger partial charge in [-0.25, -0.2) is 0 Å². The molecule has 9 rings (SSSR count). The molecule has 0 aliphatic heterocycles. The van der Waals surface area contributed by atoms with E-state index in [4.69, 9.17) is 8.83 Å². The predicted molar refractivity (Wildman–Crippen MR) is 187 cm³/mol. The number of hydrogen-bond donors (Lipinski definition) is 0. The van der Waals surface area contributed by atoms with Crippen LogP contribution in [0.3, 0.4) is 0 Å². The molecule has 9 aromatic rings. The van der Waals surface area contributed by atoms with Crippen LogP contribution in [0.5, 0.6) is 0 Å². The van der Waals surface area contributed by atoms with Crippen LogP contribution in [0.15, 0.2) is 173 Å². The van der Waals surface area contributed by atoms with Crippen molar-refractivity contribution >= 4 is 60.9 Å². The lowest BCUT2D eigenvalue weighted by atomic mass is 10.0. The molecule has 0 spiro atoms. The summed E-state index contributed by atoms with van der Waals surface area (Å²) in [6, 6.07) is 57.2. The summed E-state index contributed by atoms with van der Waals surface area (Å²) in [5, 5.41) is 4.17. The molecule has 0 aliphatic carbocycles. The summed E-state index contributed by atoms with van der Waals surface area (Å²) in [4.78, 5) is 2.32. The van der Waals surface area contributed by atoms with Crippen LogP contribution in [0, 0.1) is 0 Å². The van der Waals surface area contributed by atoms with Gasteiger partial charge in [0, 0.05) is 27.5 Å². The highest BCUT2D eigenvalue weighted by Gasteiger charge is 2.26. The largest absolute Gasteiger partial charge is 0.456 e. The van der Waals surface area contributed by atoms with Crippen molar-refractivity contribution in [2.24, 2.45) is 0 Å². The fourth-order valence-electron chi connectivity index (χ4n) is 6.53. The lowest BCUT2D eigenvalue weighted by molar-refractivity contribution is 0.664. The number of fused-ring (bicyclic) bond motifs is 6. The Morgan fingerprint density at radius 2 is 0.822 bits per heavy atom. The summed E-state index contributed by atoms with van der Waals surface area (Å²) >= 11 is 0. The van der Waals surface area contributed by atoms with Gasteiger partial charge in [-0.3, -0.25) is 0 Å². The molecule has 0 saturated heterocycles. The lowest BCUT2D eigenvalue weighted by Crippen LogP contribution is -2.10. The van der Waals surface area contributed by atoms with E-state index in [0.717, 1.165) is 60.9 Å². The molecule has 0 N–H and O–H groups in total. The summed E-state index contributed by atoms with van der Waals surface area (Å²) in [5.41, 5.74) is 11.1. The van der Waals surface area contributed by atoms with Crippen LogP contribution in [-0.4, -0.2) is 0 Å². The van der Waals surface area contributed by atoms with Crippen molar-refractivity contribution in [3.8, 4) is 22.3 Å². The molecule has 0 bridgehead atoms. The maximum absolute atomic E-state index is 6.74. The average molecular weight is 578 g/mol. The maximum Gasteiger partial charge on any atom is 0.160 e. The van der Waals surface area contributed by atoms with Gasteiger partial charge in [-0.15, -0.1) is 0 Å². The van der Waals surface area contributed by atoms with E-state index in [9.17, 15) is 0 Å². The standard InChI is InChI=1S/C42H27NO2/c1-3-11-28(12-4-1)30-19-23-32(24-20-30)43(33-25-21-31(22-26-33)29-13-5-2-6-14-29)41-40-35-16-8-10-18-38(35)44-39(40)27-36-34-15-7-9-17-37(34)45-42(36)41/h1-27H. The monoisotopic (exact) mass is 577 g/mol. The van der Waals surface area contributed by atoms with E-state index in [1.165, 1.54) is 22.3 Å². The number of rotatable bonds is 5. The van der Waals surface area contributed by atoms with Crippen molar-refractivity contribution < 1.29 is 8.83 Å². The SMILES string of the molecule is c1ccc(-c2ccc(N(c3ccc(-c4ccccc4)cc3)c3c4oc5ccccc5c4cc4oc5ccccc5c34)cc2)cc1. The van der Waals surface area contributed by atoms with E-state index in [2.05, 4.69) is 132 Å². The van der Waals surface area contributed by atoms with Gasteiger partial charge in [0.25, 0.3) is 0 Å². The molecule has 3 nitrogen and oxygen atoms in total. The van der Waals surface area contributed by atoms with Crippen LogP contribution in [0.2, 0.25) is 0 Å². The zero-order chi connectivity index (χ0) is 29.7. The normalized spacial score (nSPS) is 11.6. The van der Waals surface area contributed by atoms with Gasteiger partial charge in [-0.1, -0.05) is 121 Å². The number of furan rings is 2. The summed E-state index contributed by atoms with van der Waals surface area (Å²) < 4.78 is 13.3. The van der Waals surface area contributed by atoms with Gasteiger partial charge >= 0.3 is 0 Å². The second-order valence-corrected chi connectivity index (χ2v) is 11.3. The van der Waals surface area contributed by atoms with Crippen molar-refractivity contribution in [2.45, 2.75) is 0 Å². The number of benzene rings is 7. The summed E-state index contributed by atoms with van der Waals surface area (Å²) in [5.74, 6) is 0. The van der Waals surface area contributed by atoms with Crippen LogP contribution < -0.4 is 4.90 Å². The highest BCUT2D eigenvalue weighted by Crippen LogP contribution is 2.49. The zero-order valence-corrected chi connectivity index (χ0v) is 24.4. The Morgan fingerprint density at radius 1 is 0.356 bits per heavy atom. The van der Waals surface area contributed by atoms with Crippen molar-refractivity contribution in [1.82, 2.24) is 0 Å². The first-order valence-electron chi connectivity index (χ1n) is 15.2. The molecule has 0 unspecified atom stereocenters. The maximum atomic E-state index is 6.74. The fourth-order valence-corrected chi connectivity index (χ4v) is 6.53. The Morgan fingerprint density at radius 3 is 1.40 bits per heavy atom. The molecule has 212 valence electrons. The van der Waals surface area contributed by atoms with E-state index in [1.807, 2.05) is 36.4 Å². The average Bonchev–Trinajstić information content (AvgIpc) is 3.68. The van der Waals surface area contributed by atoms with Gasteiger partial charge in [-0.05, 0) is 64.7 Å². The fraction of sp³-hybridized carbons (Fsp3) is 0. The smallest absolute Gasteiger partial charge is 0.160 e. The number of nitrogens with zero attached hydrogens (tertiary/aromatic N) is 1. The molecule has 0 aliphatic rings. The minimum Gasteiger partial charge on any atom is -0.456 e. The minimum absolute atomic E-state index is 0.828. The van der Waals surface area contributed by atoms with E-state index >= 15 is 0 Å². The third-order valence-electron chi connectivity index (χ3n) is 8.67. The molecule has 0 radical (unpaired) electrons. The molecule has 2 aromatic heterocycles. The molecule has 0 fully saturated rings. The topological polar surface area (TPSA) is 29.5 Å². The number of hydrogen-bond acceptors (Lipinski definition) is 3. The Balaban J connectivity index is 1.34. The molecule has 7 aromatic carbocycles. The number of para-hydroxylation sites is 2. The van der Waals surface area contributed by atoms with Crippen LogP contribution in [0.25, 0.3) is 66.1 Å². The summed E-state index contributed by atoms with van der Waals surface area (Å²) in [6.07, 6.45) is 0. The van der Waals surface area contributed by atoms with Crippen LogP contribution in [-0.2, 0) is 0 Å².